The molecule has 4 fully saturated rings. The lowest BCUT2D eigenvalue weighted by atomic mass is 9.49. The van der Waals surface area contributed by atoms with Crippen LogP contribution in [0.25, 0.3) is 11.0 Å². The standard InChI is InChI=1S/C23H28N2O3/c1-14-2-3-19-18(13-28-20(19)4-14)8-21(26)24-25-22(27)12-23-9-15-5-16(10-23)7-17(6-15)11-23/h2-4,13,15-17H,5-12H2,1H3,(H,24,26)(H,25,27). The van der Waals surface area contributed by atoms with Crippen molar-refractivity contribution < 1.29 is 14.0 Å². The first-order valence-electron chi connectivity index (χ1n) is 10.5. The molecule has 4 saturated carbocycles. The van der Waals surface area contributed by atoms with Crippen LogP contribution < -0.4 is 10.9 Å². The number of nitrogens with one attached hydrogen (secondary N) is 2. The first-order chi connectivity index (χ1) is 13.5. The van der Waals surface area contributed by atoms with E-state index < -0.39 is 0 Å². The van der Waals surface area contributed by atoms with Gasteiger partial charge in [0.15, 0.2) is 0 Å². The van der Waals surface area contributed by atoms with E-state index in [9.17, 15) is 9.59 Å². The maximum absolute atomic E-state index is 12.5. The molecule has 4 aliphatic carbocycles. The van der Waals surface area contributed by atoms with Gasteiger partial charge in [-0.1, -0.05) is 12.1 Å². The fourth-order valence-corrected chi connectivity index (χ4v) is 6.58. The monoisotopic (exact) mass is 380 g/mol. The third-order valence-electron chi connectivity index (χ3n) is 7.20. The molecule has 4 aliphatic rings. The molecular weight excluding hydrogens is 352 g/mol. The van der Waals surface area contributed by atoms with Crippen molar-refractivity contribution in [3.8, 4) is 0 Å². The molecule has 2 amide bonds. The van der Waals surface area contributed by atoms with Crippen LogP contribution in [0.15, 0.2) is 28.9 Å². The molecule has 0 spiro atoms. The molecule has 0 unspecified atom stereocenters. The molecule has 2 aromatic rings. The molecule has 0 saturated heterocycles. The van der Waals surface area contributed by atoms with Crippen molar-refractivity contribution >= 4 is 22.8 Å². The number of hydrazine groups is 1. The SMILES string of the molecule is Cc1ccc2c(CC(=O)NNC(=O)CC34CC5CC(CC(C5)C3)C4)coc2c1. The number of fused-ring (bicyclic) bond motifs is 1. The van der Waals surface area contributed by atoms with E-state index >= 15 is 0 Å². The maximum Gasteiger partial charge on any atom is 0.242 e. The van der Waals surface area contributed by atoms with Crippen molar-refractivity contribution in [1.82, 2.24) is 10.9 Å². The molecule has 1 heterocycles. The molecule has 0 radical (unpaired) electrons. The Labute approximate surface area is 165 Å². The van der Waals surface area contributed by atoms with Gasteiger partial charge in [-0.2, -0.15) is 0 Å². The first-order valence-corrected chi connectivity index (χ1v) is 10.5. The van der Waals surface area contributed by atoms with E-state index in [1.54, 1.807) is 6.26 Å². The molecule has 5 nitrogen and oxygen atoms in total. The summed E-state index contributed by atoms with van der Waals surface area (Å²) in [7, 11) is 0. The van der Waals surface area contributed by atoms with Gasteiger partial charge in [0.1, 0.15) is 5.58 Å². The van der Waals surface area contributed by atoms with Gasteiger partial charge in [0.25, 0.3) is 0 Å². The third-order valence-corrected chi connectivity index (χ3v) is 7.20. The van der Waals surface area contributed by atoms with Crippen molar-refractivity contribution in [2.45, 2.75) is 58.3 Å². The second-order valence-electron chi connectivity index (χ2n) is 9.63. The summed E-state index contributed by atoms with van der Waals surface area (Å²) >= 11 is 0. The van der Waals surface area contributed by atoms with Crippen LogP contribution in [-0.4, -0.2) is 11.8 Å². The number of aryl methyl sites for hydroxylation is 1. The van der Waals surface area contributed by atoms with Crippen molar-refractivity contribution in [1.29, 1.82) is 0 Å². The zero-order valence-electron chi connectivity index (χ0n) is 16.4. The largest absolute Gasteiger partial charge is 0.464 e. The third kappa shape index (κ3) is 3.31. The summed E-state index contributed by atoms with van der Waals surface area (Å²) in [4.78, 5) is 24.9. The highest BCUT2D eigenvalue weighted by Crippen LogP contribution is 2.61. The minimum absolute atomic E-state index is 0.0528. The van der Waals surface area contributed by atoms with Crippen molar-refractivity contribution in [3.05, 3.63) is 35.6 Å². The van der Waals surface area contributed by atoms with Crippen LogP contribution in [0.5, 0.6) is 0 Å². The van der Waals surface area contributed by atoms with Crippen LogP contribution in [0.3, 0.4) is 0 Å². The molecule has 2 N–H and O–H groups in total. The summed E-state index contributed by atoms with van der Waals surface area (Å²) in [5.74, 6) is 2.20. The lowest BCUT2D eigenvalue weighted by molar-refractivity contribution is -0.134. The quantitative estimate of drug-likeness (QED) is 0.787. The van der Waals surface area contributed by atoms with E-state index in [2.05, 4.69) is 10.9 Å². The smallest absolute Gasteiger partial charge is 0.242 e. The average Bonchev–Trinajstić information content (AvgIpc) is 3.00. The van der Waals surface area contributed by atoms with Crippen LogP contribution in [0, 0.1) is 30.1 Å². The normalized spacial score (nSPS) is 30.5. The topological polar surface area (TPSA) is 71.3 Å². The molecule has 4 bridgehead atoms. The van der Waals surface area contributed by atoms with E-state index in [-0.39, 0.29) is 23.7 Å². The van der Waals surface area contributed by atoms with E-state index in [1.165, 1.54) is 38.5 Å². The van der Waals surface area contributed by atoms with E-state index in [0.717, 1.165) is 39.8 Å². The number of hydrogen-bond donors (Lipinski definition) is 2. The molecule has 6 rings (SSSR count). The zero-order valence-corrected chi connectivity index (χ0v) is 16.4. The van der Waals surface area contributed by atoms with Crippen LogP contribution in [-0.2, 0) is 16.0 Å². The Bertz CT molecular complexity index is 894. The minimum atomic E-state index is -0.220. The Morgan fingerprint density at radius 2 is 1.68 bits per heavy atom. The number of benzene rings is 1. The van der Waals surface area contributed by atoms with Crippen LogP contribution in [0.1, 0.15) is 56.1 Å². The number of amides is 2. The summed E-state index contributed by atoms with van der Waals surface area (Å²) < 4.78 is 5.55. The summed E-state index contributed by atoms with van der Waals surface area (Å²) in [6, 6.07) is 5.94. The Balaban J connectivity index is 1.16. The van der Waals surface area contributed by atoms with Crippen LogP contribution in [0.4, 0.5) is 0 Å². The Morgan fingerprint density at radius 1 is 1.04 bits per heavy atom. The molecular formula is C23H28N2O3. The number of hydrogen-bond acceptors (Lipinski definition) is 3. The summed E-state index contributed by atoms with van der Waals surface area (Å²) in [5, 5.41) is 0.945. The fourth-order valence-electron chi connectivity index (χ4n) is 6.58. The lowest BCUT2D eigenvalue weighted by Gasteiger charge is -2.56. The summed E-state index contributed by atoms with van der Waals surface area (Å²) in [6.45, 7) is 2.01. The molecule has 148 valence electrons. The van der Waals surface area contributed by atoms with Crippen molar-refractivity contribution in [2.75, 3.05) is 0 Å². The van der Waals surface area contributed by atoms with Gasteiger partial charge in [-0.05, 0) is 80.2 Å². The molecule has 1 aromatic carbocycles. The fraction of sp³-hybridized carbons (Fsp3) is 0.565. The highest BCUT2D eigenvalue weighted by molar-refractivity contribution is 5.89. The van der Waals surface area contributed by atoms with Gasteiger partial charge in [-0.25, -0.2) is 0 Å². The second-order valence-corrected chi connectivity index (χ2v) is 9.63. The molecule has 1 aromatic heterocycles. The maximum atomic E-state index is 12.5. The Morgan fingerprint density at radius 3 is 2.36 bits per heavy atom. The van der Waals surface area contributed by atoms with Gasteiger partial charge in [-0.3, -0.25) is 20.4 Å². The van der Waals surface area contributed by atoms with E-state index in [1.807, 2.05) is 25.1 Å². The van der Waals surface area contributed by atoms with Gasteiger partial charge in [0, 0.05) is 17.4 Å². The van der Waals surface area contributed by atoms with Gasteiger partial charge in [0.2, 0.25) is 11.8 Å². The molecule has 5 heteroatoms. The van der Waals surface area contributed by atoms with Crippen LogP contribution >= 0.6 is 0 Å². The average molecular weight is 380 g/mol. The molecule has 0 aliphatic heterocycles. The predicted molar refractivity (Wildman–Crippen MR) is 106 cm³/mol. The molecule has 0 atom stereocenters. The van der Waals surface area contributed by atoms with Gasteiger partial charge < -0.3 is 4.42 Å². The second kappa shape index (κ2) is 6.64. The Kier molecular flexibility index (Phi) is 4.22. The lowest BCUT2D eigenvalue weighted by Crippen LogP contribution is -2.50. The van der Waals surface area contributed by atoms with Gasteiger partial charge in [-0.15, -0.1) is 0 Å². The van der Waals surface area contributed by atoms with Crippen molar-refractivity contribution in [3.63, 3.8) is 0 Å². The van der Waals surface area contributed by atoms with Crippen LogP contribution in [0.2, 0.25) is 0 Å². The summed E-state index contributed by atoms with van der Waals surface area (Å²) in [5.41, 5.74) is 8.18. The zero-order chi connectivity index (χ0) is 19.3. The predicted octanol–water partition coefficient (Wildman–Crippen LogP) is 4.04. The minimum Gasteiger partial charge on any atom is -0.464 e. The number of carbonyl (C=O) groups excluding carboxylic acids is 2. The van der Waals surface area contributed by atoms with Gasteiger partial charge in [0.05, 0.1) is 12.7 Å². The Hall–Kier alpha value is -2.30. The number of furan rings is 1. The first kappa shape index (κ1) is 17.8. The highest BCUT2D eigenvalue weighted by Gasteiger charge is 2.51. The highest BCUT2D eigenvalue weighted by atomic mass is 16.3. The number of rotatable bonds is 4. The number of carbonyl (C=O) groups is 2. The van der Waals surface area contributed by atoms with E-state index in [0.29, 0.717) is 6.42 Å². The molecule has 28 heavy (non-hydrogen) atoms. The van der Waals surface area contributed by atoms with Gasteiger partial charge >= 0.3 is 0 Å². The van der Waals surface area contributed by atoms with E-state index in [4.69, 9.17) is 4.42 Å². The van der Waals surface area contributed by atoms with Crippen molar-refractivity contribution in [2.24, 2.45) is 23.2 Å². The summed E-state index contributed by atoms with van der Waals surface area (Å²) in [6.07, 6.45) is 10.1.